The summed E-state index contributed by atoms with van der Waals surface area (Å²) >= 11 is 0. The van der Waals surface area contributed by atoms with E-state index in [2.05, 4.69) is 5.32 Å². The largest absolute Gasteiger partial charge is 0.356 e. The van der Waals surface area contributed by atoms with Crippen LogP contribution in [0.2, 0.25) is 0 Å². The van der Waals surface area contributed by atoms with Gasteiger partial charge in [0, 0.05) is 26.1 Å². The molecule has 2 heterocycles. The molecule has 2 aliphatic heterocycles. The minimum atomic E-state index is -0.722. The third-order valence-corrected chi connectivity index (χ3v) is 4.03. The van der Waals surface area contributed by atoms with E-state index in [-0.39, 0.29) is 23.3 Å². The second kappa shape index (κ2) is 4.85. The molecule has 4 nitrogen and oxygen atoms in total. The second-order valence-corrected chi connectivity index (χ2v) is 5.36. The van der Waals surface area contributed by atoms with Crippen molar-refractivity contribution in [1.82, 2.24) is 10.2 Å². The lowest BCUT2D eigenvalue weighted by Crippen LogP contribution is -2.40. The van der Waals surface area contributed by atoms with Gasteiger partial charge in [0.2, 0.25) is 5.91 Å². The van der Waals surface area contributed by atoms with E-state index < -0.39 is 17.5 Å². The third kappa shape index (κ3) is 2.26. The molecule has 0 unspecified atom stereocenters. The zero-order chi connectivity index (χ0) is 14.3. The van der Waals surface area contributed by atoms with Crippen LogP contribution in [0.25, 0.3) is 0 Å². The van der Waals surface area contributed by atoms with Gasteiger partial charge in [-0.15, -0.1) is 0 Å². The lowest BCUT2D eigenvalue weighted by atomic mass is 9.89. The van der Waals surface area contributed by atoms with E-state index in [9.17, 15) is 18.4 Å². The van der Waals surface area contributed by atoms with Gasteiger partial charge in [-0.25, -0.2) is 8.78 Å². The van der Waals surface area contributed by atoms with Crippen molar-refractivity contribution in [1.29, 1.82) is 0 Å². The smallest absolute Gasteiger partial charge is 0.256 e. The fraction of sp³-hybridized carbons (Fsp3) is 0.429. The van der Waals surface area contributed by atoms with Gasteiger partial charge in [-0.2, -0.15) is 0 Å². The maximum atomic E-state index is 13.6. The fourth-order valence-electron chi connectivity index (χ4n) is 2.95. The second-order valence-electron chi connectivity index (χ2n) is 5.36. The molecule has 1 aromatic rings. The molecule has 0 aromatic heterocycles. The van der Waals surface area contributed by atoms with E-state index in [0.29, 0.717) is 26.1 Å². The van der Waals surface area contributed by atoms with Crippen molar-refractivity contribution in [3.63, 3.8) is 0 Å². The number of piperidine rings is 1. The highest BCUT2D eigenvalue weighted by molar-refractivity contribution is 5.94. The normalized spacial score (nSPS) is 25.3. The van der Waals surface area contributed by atoms with Crippen molar-refractivity contribution < 1.29 is 18.4 Å². The Bertz CT molecular complexity index is 576. The summed E-state index contributed by atoms with van der Waals surface area (Å²) in [6, 6.07) is 2.86. The van der Waals surface area contributed by atoms with E-state index in [1.54, 1.807) is 0 Å². The molecule has 2 aliphatic rings. The summed E-state index contributed by atoms with van der Waals surface area (Å²) in [4.78, 5) is 25.1. The van der Waals surface area contributed by atoms with Gasteiger partial charge >= 0.3 is 0 Å². The molecule has 20 heavy (non-hydrogen) atoms. The highest BCUT2D eigenvalue weighted by Crippen LogP contribution is 2.29. The number of hydrogen-bond donors (Lipinski definition) is 1. The molecule has 2 amide bonds. The Morgan fingerprint density at radius 3 is 2.80 bits per heavy atom. The lowest BCUT2D eigenvalue weighted by molar-refractivity contribution is -0.124. The highest BCUT2D eigenvalue weighted by Gasteiger charge is 2.39. The monoisotopic (exact) mass is 280 g/mol. The average Bonchev–Trinajstić information content (AvgIpc) is 2.83. The molecule has 0 saturated carbocycles. The Morgan fingerprint density at radius 1 is 1.25 bits per heavy atom. The molecular formula is C14H14F2N2O2. The topological polar surface area (TPSA) is 49.4 Å². The summed E-state index contributed by atoms with van der Waals surface area (Å²) in [6.07, 6.45) is 0.389. The minimum Gasteiger partial charge on any atom is -0.356 e. The molecule has 0 radical (unpaired) electrons. The van der Waals surface area contributed by atoms with Crippen molar-refractivity contribution in [2.45, 2.75) is 6.42 Å². The molecule has 1 N–H and O–H groups in total. The van der Waals surface area contributed by atoms with E-state index in [1.807, 2.05) is 0 Å². The first-order chi connectivity index (χ1) is 9.54. The fourth-order valence-corrected chi connectivity index (χ4v) is 2.95. The van der Waals surface area contributed by atoms with Gasteiger partial charge < -0.3 is 10.2 Å². The van der Waals surface area contributed by atoms with E-state index in [4.69, 9.17) is 0 Å². The Kier molecular flexibility index (Phi) is 3.16. The van der Waals surface area contributed by atoms with E-state index >= 15 is 0 Å². The van der Waals surface area contributed by atoms with Crippen LogP contribution in [0.3, 0.4) is 0 Å². The van der Waals surface area contributed by atoms with E-state index in [0.717, 1.165) is 18.2 Å². The van der Waals surface area contributed by atoms with Crippen LogP contribution in [0.5, 0.6) is 0 Å². The number of fused-ring (bicyclic) bond motifs is 1. The number of rotatable bonds is 1. The van der Waals surface area contributed by atoms with Crippen LogP contribution in [0.1, 0.15) is 16.8 Å². The molecule has 2 saturated heterocycles. The number of carbonyl (C=O) groups excluding carboxylic acids is 2. The minimum absolute atomic E-state index is 0.0162. The zero-order valence-corrected chi connectivity index (χ0v) is 10.7. The molecule has 3 rings (SSSR count). The first-order valence-electron chi connectivity index (χ1n) is 6.55. The van der Waals surface area contributed by atoms with Gasteiger partial charge in [-0.1, -0.05) is 0 Å². The van der Waals surface area contributed by atoms with Crippen LogP contribution in [-0.4, -0.2) is 36.3 Å². The van der Waals surface area contributed by atoms with Crippen LogP contribution < -0.4 is 5.32 Å². The first kappa shape index (κ1) is 13.0. The SMILES string of the molecule is O=C1C[C@H]2CN(C(=O)c3cc(F)ccc3F)C[C@H]2CN1. The third-order valence-electron chi connectivity index (χ3n) is 4.03. The summed E-state index contributed by atoms with van der Waals surface area (Å²) in [5.74, 6) is -1.57. The van der Waals surface area contributed by atoms with Crippen molar-refractivity contribution in [3.8, 4) is 0 Å². The summed E-state index contributed by atoms with van der Waals surface area (Å²) < 4.78 is 26.8. The maximum absolute atomic E-state index is 13.6. The molecule has 1 aromatic carbocycles. The van der Waals surface area contributed by atoms with Crippen LogP contribution in [-0.2, 0) is 4.79 Å². The van der Waals surface area contributed by atoms with Gasteiger partial charge in [-0.3, -0.25) is 9.59 Å². The molecule has 2 fully saturated rings. The summed E-state index contributed by atoms with van der Waals surface area (Å²) in [5.41, 5.74) is -0.247. The quantitative estimate of drug-likeness (QED) is 0.839. The van der Waals surface area contributed by atoms with Crippen LogP contribution in [0, 0.1) is 23.5 Å². The number of nitrogens with zero attached hydrogens (tertiary/aromatic N) is 1. The van der Waals surface area contributed by atoms with Crippen molar-refractivity contribution in [2.75, 3.05) is 19.6 Å². The Labute approximate surface area is 114 Å². The average molecular weight is 280 g/mol. The maximum Gasteiger partial charge on any atom is 0.256 e. The molecule has 0 spiro atoms. The predicted molar refractivity (Wildman–Crippen MR) is 66.9 cm³/mol. The number of hydrogen-bond acceptors (Lipinski definition) is 2. The molecular weight excluding hydrogens is 266 g/mol. The zero-order valence-electron chi connectivity index (χ0n) is 10.7. The molecule has 6 heteroatoms. The van der Waals surface area contributed by atoms with Gasteiger partial charge in [0.25, 0.3) is 5.91 Å². The number of halogens is 2. The molecule has 2 atom stereocenters. The van der Waals surface area contributed by atoms with Gasteiger partial charge in [0.15, 0.2) is 0 Å². The molecule has 0 aliphatic carbocycles. The predicted octanol–water partition coefficient (Wildman–Crippen LogP) is 1.17. The molecule has 0 bridgehead atoms. The van der Waals surface area contributed by atoms with Gasteiger partial charge in [0.05, 0.1) is 5.56 Å². The van der Waals surface area contributed by atoms with Crippen LogP contribution in [0.15, 0.2) is 18.2 Å². The number of likely N-dealkylation sites (tertiary alicyclic amines) is 1. The lowest BCUT2D eigenvalue weighted by Gasteiger charge is -2.23. The molecule has 106 valence electrons. The van der Waals surface area contributed by atoms with Crippen LogP contribution >= 0.6 is 0 Å². The number of amides is 2. The van der Waals surface area contributed by atoms with Crippen molar-refractivity contribution >= 4 is 11.8 Å². The summed E-state index contributed by atoms with van der Waals surface area (Å²) in [6.45, 7) is 1.44. The number of benzene rings is 1. The highest BCUT2D eigenvalue weighted by atomic mass is 19.1. The van der Waals surface area contributed by atoms with Gasteiger partial charge in [-0.05, 0) is 30.0 Å². The van der Waals surface area contributed by atoms with Crippen molar-refractivity contribution in [3.05, 3.63) is 35.4 Å². The Hall–Kier alpha value is -1.98. The van der Waals surface area contributed by atoms with Crippen LogP contribution in [0.4, 0.5) is 8.78 Å². The van der Waals surface area contributed by atoms with Crippen molar-refractivity contribution in [2.24, 2.45) is 11.8 Å². The standard InChI is InChI=1S/C14H14F2N2O2/c15-10-1-2-12(16)11(4-10)14(20)18-6-8-3-13(19)17-5-9(8)7-18/h1-2,4,8-9H,3,5-7H2,(H,17,19)/t8-,9+/m0/s1. The van der Waals surface area contributed by atoms with E-state index in [1.165, 1.54) is 4.90 Å². The Balaban J connectivity index is 1.79. The Morgan fingerprint density at radius 2 is 2.00 bits per heavy atom. The first-order valence-corrected chi connectivity index (χ1v) is 6.55. The van der Waals surface area contributed by atoms with Gasteiger partial charge in [0.1, 0.15) is 11.6 Å². The summed E-state index contributed by atoms with van der Waals surface area (Å²) in [5, 5.41) is 2.76. The number of carbonyl (C=O) groups is 2. The summed E-state index contributed by atoms with van der Waals surface area (Å²) in [7, 11) is 0. The number of nitrogens with one attached hydrogen (secondary N) is 1.